The van der Waals surface area contributed by atoms with Crippen LogP contribution in [-0.4, -0.2) is 56.3 Å². The van der Waals surface area contributed by atoms with Gasteiger partial charge in [-0.15, -0.1) is 0 Å². The number of carbonyl (C=O) groups is 1. The number of aryl methyl sites for hydroxylation is 1. The zero-order valence-corrected chi connectivity index (χ0v) is 19.9. The monoisotopic (exact) mass is 481 g/mol. The van der Waals surface area contributed by atoms with Gasteiger partial charge in [0.25, 0.3) is 0 Å². The van der Waals surface area contributed by atoms with Crippen molar-refractivity contribution < 1.29 is 17.6 Å². The third kappa shape index (κ3) is 5.46. The van der Waals surface area contributed by atoms with Gasteiger partial charge in [0.2, 0.25) is 15.9 Å². The summed E-state index contributed by atoms with van der Waals surface area (Å²) in [7, 11) is -4.01. The lowest BCUT2D eigenvalue weighted by atomic mass is 10.2. The zero-order valence-electron chi connectivity index (χ0n) is 19.1. The summed E-state index contributed by atoms with van der Waals surface area (Å²) in [5, 5.41) is 0. The summed E-state index contributed by atoms with van der Waals surface area (Å²) in [6.07, 6.45) is 0. The van der Waals surface area contributed by atoms with Gasteiger partial charge in [-0.25, -0.2) is 12.8 Å². The zero-order chi connectivity index (χ0) is 24.1. The van der Waals surface area contributed by atoms with Gasteiger partial charge in [0, 0.05) is 44.0 Å². The van der Waals surface area contributed by atoms with Crippen molar-refractivity contribution in [1.29, 1.82) is 0 Å². The van der Waals surface area contributed by atoms with E-state index in [1.165, 1.54) is 24.3 Å². The molecule has 1 amide bonds. The van der Waals surface area contributed by atoms with Crippen molar-refractivity contribution in [3.8, 4) is 0 Å². The second-order valence-corrected chi connectivity index (χ2v) is 10.3. The number of piperazine rings is 1. The summed E-state index contributed by atoms with van der Waals surface area (Å²) >= 11 is 0. The van der Waals surface area contributed by atoms with Crippen LogP contribution in [-0.2, 0) is 21.4 Å². The van der Waals surface area contributed by atoms with Crippen molar-refractivity contribution in [2.24, 2.45) is 0 Å². The van der Waals surface area contributed by atoms with Crippen LogP contribution in [0.1, 0.15) is 11.1 Å². The number of rotatable bonds is 7. The number of para-hydroxylation sites is 1. The largest absolute Gasteiger partial charge is 0.368 e. The molecule has 0 radical (unpaired) electrons. The van der Waals surface area contributed by atoms with E-state index in [1.54, 1.807) is 29.2 Å². The van der Waals surface area contributed by atoms with E-state index in [1.807, 2.05) is 37.3 Å². The quantitative estimate of drug-likeness (QED) is 0.517. The fraction of sp³-hybridized carbons (Fsp3) is 0.269. The van der Waals surface area contributed by atoms with Gasteiger partial charge in [-0.2, -0.15) is 4.31 Å². The molecule has 0 unspecified atom stereocenters. The molecule has 1 aliphatic rings. The van der Waals surface area contributed by atoms with Gasteiger partial charge in [-0.3, -0.25) is 4.79 Å². The third-order valence-electron chi connectivity index (χ3n) is 6.03. The Hall–Kier alpha value is -3.23. The number of carbonyl (C=O) groups excluding carboxylic acids is 1. The Morgan fingerprint density at radius 2 is 1.50 bits per heavy atom. The lowest BCUT2D eigenvalue weighted by Crippen LogP contribution is -2.51. The van der Waals surface area contributed by atoms with Crippen molar-refractivity contribution >= 4 is 21.6 Å². The molecule has 0 N–H and O–H groups in total. The smallest absolute Gasteiger partial charge is 0.243 e. The van der Waals surface area contributed by atoms with Crippen molar-refractivity contribution in [2.45, 2.75) is 18.4 Å². The van der Waals surface area contributed by atoms with Gasteiger partial charge in [0.1, 0.15) is 5.82 Å². The molecule has 34 heavy (non-hydrogen) atoms. The number of nitrogens with zero attached hydrogens (tertiary/aromatic N) is 3. The molecule has 1 aliphatic heterocycles. The molecule has 0 saturated carbocycles. The van der Waals surface area contributed by atoms with E-state index in [0.29, 0.717) is 26.2 Å². The highest BCUT2D eigenvalue weighted by Gasteiger charge is 2.30. The van der Waals surface area contributed by atoms with E-state index in [-0.39, 0.29) is 29.5 Å². The third-order valence-corrected chi connectivity index (χ3v) is 7.83. The summed E-state index contributed by atoms with van der Waals surface area (Å²) in [6, 6.07) is 22.4. The topological polar surface area (TPSA) is 60.9 Å². The number of sulfonamides is 1. The van der Waals surface area contributed by atoms with Crippen LogP contribution in [0.25, 0.3) is 0 Å². The molecular formula is C26H28FN3O3S. The Kier molecular flexibility index (Phi) is 7.29. The Morgan fingerprint density at radius 1 is 0.882 bits per heavy atom. The van der Waals surface area contributed by atoms with Crippen LogP contribution < -0.4 is 4.90 Å². The molecule has 0 atom stereocenters. The van der Waals surface area contributed by atoms with Crippen LogP contribution in [0.3, 0.4) is 0 Å². The molecule has 0 spiro atoms. The molecule has 1 heterocycles. The van der Waals surface area contributed by atoms with Gasteiger partial charge in [0.05, 0.1) is 11.4 Å². The highest BCUT2D eigenvalue weighted by atomic mass is 32.2. The molecule has 6 nitrogen and oxygen atoms in total. The van der Waals surface area contributed by atoms with Gasteiger partial charge in [-0.1, -0.05) is 54.1 Å². The van der Waals surface area contributed by atoms with Gasteiger partial charge in [0.15, 0.2) is 0 Å². The molecule has 8 heteroatoms. The summed E-state index contributed by atoms with van der Waals surface area (Å²) in [6.45, 7) is 3.60. The Labute approximate surface area is 200 Å². The van der Waals surface area contributed by atoms with Crippen LogP contribution in [0.15, 0.2) is 83.8 Å². The summed E-state index contributed by atoms with van der Waals surface area (Å²) in [4.78, 5) is 17.1. The molecule has 3 aromatic rings. The molecule has 4 rings (SSSR count). The van der Waals surface area contributed by atoms with E-state index in [0.717, 1.165) is 15.6 Å². The standard InChI is InChI=1S/C26H28FN3O3S/c1-21-11-13-24(14-12-21)34(32,33)30(19-22-7-5-6-10-25(22)27)20-26(31)29-17-15-28(16-18-29)23-8-3-2-4-9-23/h2-14H,15-20H2,1H3. The van der Waals surface area contributed by atoms with E-state index in [2.05, 4.69) is 4.90 Å². The first-order chi connectivity index (χ1) is 16.3. The fourth-order valence-corrected chi connectivity index (χ4v) is 5.37. The maximum absolute atomic E-state index is 14.4. The van der Waals surface area contributed by atoms with Gasteiger partial charge in [-0.05, 0) is 37.3 Å². The second kappa shape index (κ2) is 10.4. The second-order valence-electron chi connectivity index (χ2n) is 8.38. The van der Waals surface area contributed by atoms with Crippen LogP contribution in [0.4, 0.5) is 10.1 Å². The molecule has 3 aromatic carbocycles. The SMILES string of the molecule is Cc1ccc(S(=O)(=O)N(CC(=O)N2CCN(c3ccccc3)CC2)Cc2ccccc2F)cc1. The van der Waals surface area contributed by atoms with Crippen LogP contribution in [0.5, 0.6) is 0 Å². The van der Waals surface area contributed by atoms with Crippen molar-refractivity contribution in [2.75, 3.05) is 37.6 Å². The minimum absolute atomic E-state index is 0.0798. The predicted molar refractivity (Wildman–Crippen MR) is 130 cm³/mol. The molecule has 178 valence electrons. The summed E-state index contributed by atoms with van der Waals surface area (Å²) in [5.74, 6) is -0.796. The van der Waals surface area contributed by atoms with E-state index in [4.69, 9.17) is 0 Å². The first-order valence-corrected chi connectivity index (χ1v) is 12.7. The number of anilines is 1. The first-order valence-electron chi connectivity index (χ1n) is 11.2. The van der Waals surface area contributed by atoms with Crippen LogP contribution in [0, 0.1) is 12.7 Å². The number of halogens is 1. The lowest BCUT2D eigenvalue weighted by molar-refractivity contribution is -0.131. The average molecular weight is 482 g/mol. The predicted octanol–water partition coefficient (Wildman–Crippen LogP) is 3.67. The molecular weight excluding hydrogens is 453 g/mol. The number of benzene rings is 3. The Balaban J connectivity index is 1.52. The summed E-state index contributed by atoms with van der Waals surface area (Å²) in [5.41, 5.74) is 2.24. The highest BCUT2D eigenvalue weighted by molar-refractivity contribution is 7.89. The maximum atomic E-state index is 14.4. The lowest BCUT2D eigenvalue weighted by Gasteiger charge is -2.37. The molecule has 0 bridgehead atoms. The van der Waals surface area contributed by atoms with E-state index >= 15 is 0 Å². The van der Waals surface area contributed by atoms with E-state index < -0.39 is 15.8 Å². The molecule has 1 saturated heterocycles. The highest BCUT2D eigenvalue weighted by Crippen LogP contribution is 2.21. The fourth-order valence-electron chi connectivity index (χ4n) is 4.01. The number of amides is 1. The van der Waals surface area contributed by atoms with Crippen molar-refractivity contribution in [3.05, 3.63) is 95.8 Å². The normalized spacial score (nSPS) is 14.4. The minimum Gasteiger partial charge on any atom is -0.368 e. The van der Waals surface area contributed by atoms with Gasteiger partial charge < -0.3 is 9.80 Å². The van der Waals surface area contributed by atoms with Crippen molar-refractivity contribution in [3.63, 3.8) is 0 Å². The Morgan fingerprint density at radius 3 is 2.15 bits per heavy atom. The molecule has 0 aromatic heterocycles. The number of hydrogen-bond acceptors (Lipinski definition) is 4. The van der Waals surface area contributed by atoms with Crippen LogP contribution in [0.2, 0.25) is 0 Å². The minimum atomic E-state index is -4.01. The van der Waals surface area contributed by atoms with Gasteiger partial charge >= 0.3 is 0 Å². The van der Waals surface area contributed by atoms with E-state index in [9.17, 15) is 17.6 Å². The summed E-state index contributed by atoms with van der Waals surface area (Å²) < 4.78 is 42.3. The maximum Gasteiger partial charge on any atom is 0.243 e. The number of hydrogen-bond donors (Lipinski definition) is 0. The Bertz CT molecular complexity index is 1230. The van der Waals surface area contributed by atoms with Crippen molar-refractivity contribution in [1.82, 2.24) is 9.21 Å². The average Bonchev–Trinajstić information content (AvgIpc) is 2.85. The molecule has 1 fully saturated rings. The molecule has 0 aliphatic carbocycles. The van der Waals surface area contributed by atoms with Crippen LogP contribution >= 0.6 is 0 Å². The first kappa shape index (κ1) is 23.9.